The summed E-state index contributed by atoms with van der Waals surface area (Å²) in [6, 6.07) is 9.38. The summed E-state index contributed by atoms with van der Waals surface area (Å²) in [6.07, 6.45) is 1.53. The normalized spacial score (nSPS) is 17.8. The SMILES string of the molecule is COC(=O)C1=C(N)OC2=C(C(=O)CCC2)[C@@H]1c1cc(OC)c(OCc2ccc(F)cc2)cc1Br. The van der Waals surface area contributed by atoms with Crippen molar-refractivity contribution in [1.82, 2.24) is 0 Å². The zero-order chi connectivity index (χ0) is 24.4. The average molecular weight is 532 g/mol. The van der Waals surface area contributed by atoms with Gasteiger partial charge in [0.2, 0.25) is 5.88 Å². The predicted octanol–water partition coefficient (Wildman–Crippen LogP) is 4.64. The van der Waals surface area contributed by atoms with Gasteiger partial charge in [0, 0.05) is 22.9 Å². The van der Waals surface area contributed by atoms with Crippen LogP contribution < -0.4 is 15.2 Å². The summed E-state index contributed by atoms with van der Waals surface area (Å²) in [5.41, 5.74) is 7.93. The van der Waals surface area contributed by atoms with Gasteiger partial charge >= 0.3 is 5.97 Å². The van der Waals surface area contributed by atoms with E-state index in [1.54, 1.807) is 24.3 Å². The molecule has 0 unspecified atom stereocenters. The van der Waals surface area contributed by atoms with Crippen molar-refractivity contribution in [3.8, 4) is 11.5 Å². The van der Waals surface area contributed by atoms with E-state index in [-0.39, 0.29) is 29.7 Å². The second-order valence-electron chi connectivity index (χ2n) is 7.86. The summed E-state index contributed by atoms with van der Waals surface area (Å²) in [5.74, 6) is -0.725. The van der Waals surface area contributed by atoms with Gasteiger partial charge in [-0.05, 0) is 41.8 Å². The maximum atomic E-state index is 13.2. The van der Waals surface area contributed by atoms with Gasteiger partial charge in [-0.25, -0.2) is 9.18 Å². The highest BCUT2D eigenvalue weighted by molar-refractivity contribution is 9.10. The van der Waals surface area contributed by atoms with Crippen molar-refractivity contribution in [1.29, 1.82) is 0 Å². The molecule has 0 amide bonds. The van der Waals surface area contributed by atoms with Gasteiger partial charge in [0.05, 0.1) is 20.1 Å². The standard InChI is InChI=1S/C25H23BrFNO6/c1-31-19-10-15(16(26)11-20(19)33-12-13-6-8-14(27)9-7-13)21-22-17(29)4-3-5-18(22)34-24(28)23(21)25(30)32-2/h6-11,21H,3-5,12,28H2,1-2H3/t21-/m0/s1. The third-order valence-electron chi connectivity index (χ3n) is 5.79. The molecule has 9 heteroatoms. The lowest BCUT2D eigenvalue weighted by Gasteiger charge is -2.33. The zero-order valence-electron chi connectivity index (χ0n) is 18.7. The van der Waals surface area contributed by atoms with Crippen LogP contribution in [0.1, 0.15) is 36.3 Å². The van der Waals surface area contributed by atoms with Crippen molar-refractivity contribution in [2.45, 2.75) is 31.8 Å². The molecule has 0 saturated carbocycles. The summed E-state index contributed by atoms with van der Waals surface area (Å²) in [4.78, 5) is 25.6. The minimum Gasteiger partial charge on any atom is -0.493 e. The molecule has 1 aliphatic heterocycles. The van der Waals surface area contributed by atoms with E-state index < -0.39 is 11.9 Å². The Labute approximate surface area is 204 Å². The van der Waals surface area contributed by atoms with Crippen molar-refractivity contribution in [3.63, 3.8) is 0 Å². The fraction of sp³-hybridized carbons (Fsp3) is 0.280. The Hall–Kier alpha value is -3.33. The number of carbonyl (C=O) groups excluding carboxylic acids is 2. The Morgan fingerprint density at radius 2 is 1.91 bits per heavy atom. The number of hydrogen-bond donors (Lipinski definition) is 1. The third kappa shape index (κ3) is 4.52. The number of ketones is 1. The lowest BCUT2D eigenvalue weighted by atomic mass is 9.77. The van der Waals surface area contributed by atoms with E-state index in [9.17, 15) is 14.0 Å². The zero-order valence-corrected chi connectivity index (χ0v) is 20.2. The summed E-state index contributed by atoms with van der Waals surface area (Å²) in [5, 5.41) is 0. The Morgan fingerprint density at radius 1 is 1.18 bits per heavy atom. The van der Waals surface area contributed by atoms with Crippen molar-refractivity contribution < 1.29 is 32.9 Å². The molecule has 34 heavy (non-hydrogen) atoms. The van der Waals surface area contributed by atoms with Gasteiger partial charge in [-0.2, -0.15) is 0 Å². The van der Waals surface area contributed by atoms with Crippen LogP contribution in [0, 0.1) is 5.82 Å². The molecule has 0 radical (unpaired) electrons. The van der Waals surface area contributed by atoms with Crippen LogP contribution in [-0.4, -0.2) is 26.0 Å². The molecular formula is C25H23BrFNO6. The molecule has 0 saturated heterocycles. The highest BCUT2D eigenvalue weighted by Gasteiger charge is 2.42. The number of halogens is 2. The number of benzene rings is 2. The minimum atomic E-state index is -0.793. The molecule has 1 heterocycles. The fourth-order valence-electron chi connectivity index (χ4n) is 4.16. The van der Waals surface area contributed by atoms with Crippen molar-refractivity contribution >= 4 is 27.7 Å². The molecule has 178 valence electrons. The van der Waals surface area contributed by atoms with Crippen LogP contribution >= 0.6 is 15.9 Å². The second kappa shape index (κ2) is 9.89. The van der Waals surface area contributed by atoms with E-state index in [0.29, 0.717) is 52.1 Å². The molecule has 1 aliphatic carbocycles. The Kier molecular flexibility index (Phi) is 6.92. The maximum absolute atomic E-state index is 13.2. The van der Waals surface area contributed by atoms with E-state index in [0.717, 1.165) is 5.56 Å². The lowest BCUT2D eigenvalue weighted by molar-refractivity contribution is -0.136. The topological polar surface area (TPSA) is 97.1 Å². The number of hydrogen-bond acceptors (Lipinski definition) is 7. The van der Waals surface area contributed by atoms with Gasteiger partial charge in [0.15, 0.2) is 17.3 Å². The van der Waals surface area contributed by atoms with Crippen LogP contribution in [-0.2, 0) is 25.7 Å². The van der Waals surface area contributed by atoms with Crippen LogP contribution in [0.3, 0.4) is 0 Å². The highest BCUT2D eigenvalue weighted by atomic mass is 79.9. The van der Waals surface area contributed by atoms with Crippen molar-refractivity contribution in [3.05, 3.63) is 80.6 Å². The molecule has 2 aromatic rings. The molecule has 2 N–H and O–H groups in total. The summed E-state index contributed by atoms with van der Waals surface area (Å²) >= 11 is 3.56. The van der Waals surface area contributed by atoms with Gasteiger partial charge in [-0.15, -0.1) is 0 Å². The maximum Gasteiger partial charge on any atom is 0.340 e. The second-order valence-corrected chi connectivity index (χ2v) is 8.71. The van der Waals surface area contributed by atoms with Crippen LogP contribution in [0.5, 0.6) is 11.5 Å². The molecule has 0 bridgehead atoms. The molecular weight excluding hydrogens is 509 g/mol. The molecule has 1 atom stereocenters. The smallest absolute Gasteiger partial charge is 0.340 e. The molecule has 2 aliphatic rings. The lowest BCUT2D eigenvalue weighted by Crippen LogP contribution is -2.31. The summed E-state index contributed by atoms with van der Waals surface area (Å²) in [6.45, 7) is 0.188. The first-order valence-corrected chi connectivity index (χ1v) is 11.4. The number of esters is 1. The monoisotopic (exact) mass is 531 g/mol. The summed E-state index contributed by atoms with van der Waals surface area (Å²) in [7, 11) is 2.73. The van der Waals surface area contributed by atoms with Crippen LogP contribution in [0.4, 0.5) is 4.39 Å². The highest BCUT2D eigenvalue weighted by Crippen LogP contribution is 2.48. The fourth-order valence-corrected chi connectivity index (χ4v) is 4.71. The number of methoxy groups -OCH3 is 2. The third-order valence-corrected chi connectivity index (χ3v) is 6.48. The van der Waals surface area contributed by atoms with Crippen LogP contribution in [0.25, 0.3) is 0 Å². The molecule has 0 fully saturated rings. The number of allylic oxidation sites excluding steroid dienone is 2. The number of ether oxygens (including phenoxy) is 4. The average Bonchev–Trinajstić information content (AvgIpc) is 2.82. The number of carbonyl (C=O) groups is 2. The first-order valence-electron chi connectivity index (χ1n) is 10.6. The number of nitrogens with two attached hydrogens (primary N) is 1. The van der Waals surface area contributed by atoms with Gasteiger partial charge in [-0.3, -0.25) is 4.79 Å². The van der Waals surface area contributed by atoms with Crippen LogP contribution in [0.15, 0.2) is 63.7 Å². The van der Waals surface area contributed by atoms with E-state index in [4.69, 9.17) is 24.7 Å². The first kappa shape index (κ1) is 23.8. The van der Waals surface area contributed by atoms with Gasteiger partial charge in [0.25, 0.3) is 0 Å². The number of rotatable bonds is 6. The van der Waals surface area contributed by atoms with Gasteiger partial charge in [0.1, 0.15) is 23.8 Å². The van der Waals surface area contributed by atoms with E-state index in [2.05, 4.69) is 15.9 Å². The number of Topliss-reactive ketones (excluding diaryl/α,β-unsaturated/α-hetero) is 1. The Balaban J connectivity index is 1.76. The van der Waals surface area contributed by atoms with E-state index in [1.807, 2.05) is 0 Å². The molecule has 2 aromatic carbocycles. The quantitative estimate of drug-likeness (QED) is 0.542. The first-order chi connectivity index (χ1) is 16.3. The Morgan fingerprint density at radius 3 is 2.59 bits per heavy atom. The van der Waals surface area contributed by atoms with Gasteiger partial charge < -0.3 is 24.7 Å². The summed E-state index contributed by atoms with van der Waals surface area (Å²) < 4.78 is 35.9. The molecule has 7 nitrogen and oxygen atoms in total. The van der Waals surface area contributed by atoms with Crippen molar-refractivity contribution in [2.24, 2.45) is 5.73 Å². The molecule has 4 rings (SSSR count). The van der Waals surface area contributed by atoms with E-state index >= 15 is 0 Å². The molecule has 0 aromatic heterocycles. The molecule has 0 spiro atoms. The van der Waals surface area contributed by atoms with Gasteiger partial charge in [-0.1, -0.05) is 28.1 Å². The predicted molar refractivity (Wildman–Crippen MR) is 124 cm³/mol. The largest absolute Gasteiger partial charge is 0.493 e. The Bertz CT molecular complexity index is 1200. The minimum absolute atomic E-state index is 0.0548. The van der Waals surface area contributed by atoms with E-state index in [1.165, 1.54) is 26.4 Å². The van der Waals surface area contributed by atoms with Crippen LogP contribution in [0.2, 0.25) is 0 Å². The van der Waals surface area contributed by atoms with Crippen molar-refractivity contribution in [2.75, 3.05) is 14.2 Å².